The predicted molar refractivity (Wildman–Crippen MR) is 95.0 cm³/mol. The highest BCUT2D eigenvalue weighted by atomic mass is 19.1. The molecule has 10 nitrogen and oxygen atoms in total. The standard InChI is InChI=1S/C18H17FN6O4/c1-9-14(26)15(27)18(29-9)25-8-24-13-16(25)22-7-23-17(13)28-3-2-10-4-11(19)12(5-20)21-6-10/h4,6-9,14-15,18,26-27H,2-3H2,1H3/t9-,14-,15-,18-/m1/s1. The summed E-state index contributed by atoms with van der Waals surface area (Å²) >= 11 is 0. The second-order valence-electron chi connectivity index (χ2n) is 6.60. The summed E-state index contributed by atoms with van der Waals surface area (Å²) in [6.07, 6.45) is 0.977. The van der Waals surface area contributed by atoms with Gasteiger partial charge in [-0.25, -0.2) is 19.3 Å². The maximum Gasteiger partial charge on any atom is 0.245 e. The fourth-order valence-electron chi connectivity index (χ4n) is 3.14. The highest BCUT2D eigenvalue weighted by Crippen LogP contribution is 2.32. The molecule has 1 saturated heterocycles. The summed E-state index contributed by atoms with van der Waals surface area (Å²) in [5, 5.41) is 28.8. The largest absolute Gasteiger partial charge is 0.476 e. The van der Waals surface area contributed by atoms with Crippen molar-refractivity contribution in [2.24, 2.45) is 0 Å². The predicted octanol–water partition coefficient (Wildman–Crippen LogP) is 0.493. The highest BCUT2D eigenvalue weighted by Gasteiger charge is 2.42. The average molecular weight is 400 g/mol. The van der Waals surface area contributed by atoms with Gasteiger partial charge in [0, 0.05) is 12.6 Å². The summed E-state index contributed by atoms with van der Waals surface area (Å²) in [4.78, 5) is 16.2. The Bertz CT molecular complexity index is 1080. The van der Waals surface area contributed by atoms with E-state index in [0.29, 0.717) is 23.1 Å². The number of hydrogen-bond donors (Lipinski definition) is 2. The topological polar surface area (TPSA) is 139 Å². The first kappa shape index (κ1) is 19.1. The van der Waals surface area contributed by atoms with Crippen LogP contribution in [0.2, 0.25) is 0 Å². The van der Waals surface area contributed by atoms with Crippen molar-refractivity contribution < 1.29 is 24.1 Å². The first-order valence-corrected chi connectivity index (χ1v) is 8.86. The van der Waals surface area contributed by atoms with E-state index in [2.05, 4.69) is 19.9 Å². The number of nitriles is 1. The van der Waals surface area contributed by atoms with Crippen molar-refractivity contribution in [2.45, 2.75) is 37.9 Å². The third-order valence-corrected chi connectivity index (χ3v) is 4.71. The number of hydrogen-bond acceptors (Lipinski definition) is 9. The molecule has 1 aliphatic rings. The molecule has 0 aromatic carbocycles. The third-order valence-electron chi connectivity index (χ3n) is 4.71. The van der Waals surface area contributed by atoms with Crippen molar-refractivity contribution in [3.05, 3.63) is 42.0 Å². The van der Waals surface area contributed by atoms with E-state index in [1.54, 1.807) is 13.0 Å². The summed E-state index contributed by atoms with van der Waals surface area (Å²) < 4.78 is 26.4. The number of ether oxygens (including phenoxy) is 2. The van der Waals surface area contributed by atoms with E-state index in [1.165, 1.54) is 29.5 Å². The molecule has 0 saturated carbocycles. The van der Waals surface area contributed by atoms with Gasteiger partial charge in [0.25, 0.3) is 0 Å². The van der Waals surface area contributed by atoms with Gasteiger partial charge in [0.05, 0.1) is 19.0 Å². The molecule has 4 heterocycles. The molecule has 4 rings (SSSR count). The molecule has 3 aromatic heterocycles. The van der Waals surface area contributed by atoms with Crippen LogP contribution < -0.4 is 4.74 Å². The van der Waals surface area contributed by atoms with E-state index in [0.717, 1.165) is 0 Å². The third kappa shape index (κ3) is 3.49. The first-order chi connectivity index (χ1) is 14.0. The Morgan fingerprint density at radius 1 is 1.28 bits per heavy atom. The smallest absolute Gasteiger partial charge is 0.245 e. The molecule has 3 aromatic rings. The molecule has 0 aliphatic carbocycles. The zero-order valence-corrected chi connectivity index (χ0v) is 15.3. The summed E-state index contributed by atoms with van der Waals surface area (Å²) in [7, 11) is 0. The number of aliphatic hydroxyl groups is 2. The quantitative estimate of drug-likeness (QED) is 0.626. The van der Waals surface area contributed by atoms with Gasteiger partial charge < -0.3 is 19.7 Å². The molecule has 11 heteroatoms. The molecule has 150 valence electrons. The Morgan fingerprint density at radius 2 is 2.10 bits per heavy atom. The minimum absolute atomic E-state index is 0.171. The lowest BCUT2D eigenvalue weighted by atomic mass is 10.1. The van der Waals surface area contributed by atoms with Crippen molar-refractivity contribution in [1.29, 1.82) is 5.26 Å². The molecule has 2 N–H and O–H groups in total. The first-order valence-electron chi connectivity index (χ1n) is 8.86. The maximum atomic E-state index is 13.6. The summed E-state index contributed by atoms with van der Waals surface area (Å²) in [5.74, 6) is -0.461. The van der Waals surface area contributed by atoms with Crippen LogP contribution in [0.25, 0.3) is 11.2 Å². The number of aliphatic hydroxyl groups excluding tert-OH is 2. The van der Waals surface area contributed by atoms with Gasteiger partial charge in [-0.2, -0.15) is 10.2 Å². The minimum Gasteiger partial charge on any atom is -0.476 e. The van der Waals surface area contributed by atoms with Crippen molar-refractivity contribution in [3.63, 3.8) is 0 Å². The van der Waals surface area contributed by atoms with Crippen LogP contribution in [0, 0.1) is 17.1 Å². The van der Waals surface area contributed by atoms with Gasteiger partial charge in [-0.05, 0) is 18.6 Å². The Morgan fingerprint density at radius 3 is 2.79 bits per heavy atom. The molecule has 0 unspecified atom stereocenters. The molecule has 0 bridgehead atoms. The highest BCUT2D eigenvalue weighted by molar-refractivity contribution is 5.76. The zero-order valence-electron chi connectivity index (χ0n) is 15.3. The normalized spacial score (nSPS) is 24.0. The monoisotopic (exact) mass is 400 g/mol. The number of fused-ring (bicyclic) bond motifs is 1. The van der Waals surface area contributed by atoms with Crippen LogP contribution in [-0.4, -0.2) is 59.6 Å². The Balaban J connectivity index is 1.50. The van der Waals surface area contributed by atoms with Gasteiger partial charge in [-0.15, -0.1) is 0 Å². The number of rotatable bonds is 5. The van der Waals surface area contributed by atoms with E-state index in [1.807, 2.05) is 0 Å². The summed E-state index contributed by atoms with van der Waals surface area (Å²) in [5.41, 5.74) is 1.06. The molecular formula is C18H17FN6O4. The fraction of sp³-hybridized carbons (Fsp3) is 0.389. The molecular weight excluding hydrogens is 383 g/mol. The second-order valence-corrected chi connectivity index (χ2v) is 6.60. The summed E-state index contributed by atoms with van der Waals surface area (Å²) in [6, 6.07) is 2.91. The minimum atomic E-state index is -1.12. The van der Waals surface area contributed by atoms with E-state index in [-0.39, 0.29) is 18.2 Å². The number of imidazole rings is 1. The van der Waals surface area contributed by atoms with Crippen LogP contribution in [0.5, 0.6) is 5.88 Å². The molecule has 0 amide bonds. The Hall–Kier alpha value is -3.20. The van der Waals surface area contributed by atoms with E-state index < -0.39 is 30.4 Å². The number of aromatic nitrogens is 5. The fourth-order valence-corrected chi connectivity index (χ4v) is 3.14. The van der Waals surface area contributed by atoms with Gasteiger partial charge in [-0.3, -0.25) is 4.57 Å². The van der Waals surface area contributed by atoms with Crippen LogP contribution in [0.3, 0.4) is 0 Å². The molecule has 1 aliphatic heterocycles. The van der Waals surface area contributed by atoms with Crippen molar-refractivity contribution in [3.8, 4) is 11.9 Å². The lowest BCUT2D eigenvalue weighted by Crippen LogP contribution is -2.30. The van der Waals surface area contributed by atoms with Crippen LogP contribution in [0.1, 0.15) is 24.4 Å². The van der Waals surface area contributed by atoms with Crippen LogP contribution in [-0.2, 0) is 11.2 Å². The number of pyridine rings is 1. The molecule has 0 spiro atoms. The maximum absolute atomic E-state index is 13.6. The zero-order chi connectivity index (χ0) is 20.5. The van der Waals surface area contributed by atoms with E-state index >= 15 is 0 Å². The van der Waals surface area contributed by atoms with Gasteiger partial charge >= 0.3 is 0 Å². The molecule has 4 atom stereocenters. The second kappa shape index (κ2) is 7.67. The lowest BCUT2D eigenvalue weighted by Gasteiger charge is -2.16. The van der Waals surface area contributed by atoms with Gasteiger partial charge in [0.1, 0.15) is 24.6 Å². The number of nitrogens with zero attached hydrogens (tertiary/aromatic N) is 6. The van der Waals surface area contributed by atoms with E-state index in [9.17, 15) is 14.6 Å². The van der Waals surface area contributed by atoms with Gasteiger partial charge in [0.15, 0.2) is 28.9 Å². The van der Waals surface area contributed by atoms with Gasteiger partial charge in [-0.1, -0.05) is 0 Å². The van der Waals surface area contributed by atoms with Crippen molar-refractivity contribution in [2.75, 3.05) is 6.61 Å². The molecule has 1 fully saturated rings. The Labute approximate surface area is 164 Å². The molecule has 29 heavy (non-hydrogen) atoms. The number of halogens is 1. The SMILES string of the molecule is C[C@H]1O[C@@H](n2cnc3c(OCCc4cnc(C#N)c(F)c4)ncnc32)[C@H](O)[C@@H]1O. The molecule has 0 radical (unpaired) electrons. The average Bonchev–Trinajstić information content (AvgIpc) is 3.25. The Kier molecular flexibility index (Phi) is 5.06. The van der Waals surface area contributed by atoms with Gasteiger partial charge in [0.2, 0.25) is 5.88 Å². The van der Waals surface area contributed by atoms with Crippen molar-refractivity contribution >= 4 is 11.2 Å². The summed E-state index contributed by atoms with van der Waals surface area (Å²) in [6.45, 7) is 1.83. The van der Waals surface area contributed by atoms with E-state index in [4.69, 9.17) is 14.7 Å². The van der Waals surface area contributed by atoms with Crippen LogP contribution in [0.4, 0.5) is 4.39 Å². The van der Waals surface area contributed by atoms with Crippen LogP contribution in [0.15, 0.2) is 24.9 Å². The van der Waals surface area contributed by atoms with Crippen LogP contribution >= 0.6 is 0 Å². The lowest BCUT2D eigenvalue weighted by molar-refractivity contribution is -0.0299. The van der Waals surface area contributed by atoms with Crippen molar-refractivity contribution in [1.82, 2.24) is 24.5 Å².